The van der Waals surface area contributed by atoms with Crippen molar-refractivity contribution < 1.29 is 14.7 Å². The zero-order chi connectivity index (χ0) is 13.7. The van der Waals surface area contributed by atoms with Crippen molar-refractivity contribution in [3.8, 4) is 0 Å². The molecule has 5 nitrogen and oxygen atoms in total. The van der Waals surface area contributed by atoms with Crippen LogP contribution in [0.25, 0.3) is 0 Å². The van der Waals surface area contributed by atoms with Crippen LogP contribution in [0.4, 0.5) is 0 Å². The predicted octanol–water partition coefficient (Wildman–Crippen LogP) is 1.07. The van der Waals surface area contributed by atoms with Crippen molar-refractivity contribution in [3.05, 3.63) is 35.9 Å². The fourth-order valence-electron chi connectivity index (χ4n) is 2.25. The van der Waals surface area contributed by atoms with Gasteiger partial charge in [-0.25, -0.2) is 4.79 Å². The summed E-state index contributed by atoms with van der Waals surface area (Å²) in [5.74, 6) is -1.29. The summed E-state index contributed by atoms with van der Waals surface area (Å²) in [5.41, 5.74) is 0.583. The molecule has 5 heteroatoms. The van der Waals surface area contributed by atoms with E-state index >= 15 is 0 Å². The number of piperidine rings is 1. The van der Waals surface area contributed by atoms with Crippen LogP contribution < -0.4 is 10.6 Å². The first-order valence-corrected chi connectivity index (χ1v) is 6.50. The van der Waals surface area contributed by atoms with Crippen LogP contribution in [-0.2, 0) is 9.59 Å². The summed E-state index contributed by atoms with van der Waals surface area (Å²) in [4.78, 5) is 23.3. The molecule has 102 valence electrons. The number of carboxylic acid groups (broad SMARTS) is 1. The molecule has 0 aliphatic carbocycles. The highest BCUT2D eigenvalue weighted by Crippen LogP contribution is 2.14. The summed E-state index contributed by atoms with van der Waals surface area (Å²) in [6.07, 6.45) is 2.81. The van der Waals surface area contributed by atoms with Crippen molar-refractivity contribution in [2.24, 2.45) is 0 Å². The molecule has 1 aromatic rings. The van der Waals surface area contributed by atoms with E-state index in [4.69, 9.17) is 0 Å². The molecule has 0 saturated carbocycles. The fraction of sp³-hybridized carbons (Fsp3) is 0.429. The van der Waals surface area contributed by atoms with Crippen LogP contribution in [0.15, 0.2) is 30.3 Å². The molecule has 1 aliphatic rings. The van der Waals surface area contributed by atoms with Gasteiger partial charge in [-0.3, -0.25) is 4.79 Å². The summed E-state index contributed by atoms with van der Waals surface area (Å²) < 4.78 is 0. The number of rotatable bonds is 4. The van der Waals surface area contributed by atoms with Gasteiger partial charge in [-0.1, -0.05) is 36.8 Å². The van der Waals surface area contributed by atoms with Gasteiger partial charge in [-0.15, -0.1) is 0 Å². The van der Waals surface area contributed by atoms with Crippen molar-refractivity contribution >= 4 is 11.9 Å². The lowest BCUT2D eigenvalue weighted by molar-refractivity contribution is -0.142. The summed E-state index contributed by atoms with van der Waals surface area (Å²) in [6, 6.07) is 7.47. The number of benzene rings is 1. The van der Waals surface area contributed by atoms with Crippen LogP contribution in [0.2, 0.25) is 0 Å². The quantitative estimate of drug-likeness (QED) is 0.758. The number of aliphatic carboxylic acids is 1. The molecular formula is C14H18N2O3. The van der Waals surface area contributed by atoms with E-state index in [1.807, 2.05) is 6.07 Å². The number of nitrogens with one attached hydrogen (secondary N) is 2. The Kier molecular flexibility index (Phi) is 4.52. The minimum atomic E-state index is -1.05. The molecule has 0 spiro atoms. The fourth-order valence-corrected chi connectivity index (χ4v) is 2.25. The van der Waals surface area contributed by atoms with Gasteiger partial charge in [-0.2, -0.15) is 0 Å². The standard InChI is InChI=1S/C14H18N2O3/c17-13(11-8-4-5-9-15-11)16-12(14(18)19)10-6-2-1-3-7-10/h1-3,6-7,11-12,15H,4-5,8-9H2,(H,16,17)(H,18,19)/t11-,12-/m1/s1. The molecular weight excluding hydrogens is 244 g/mol. The number of hydrogen-bond acceptors (Lipinski definition) is 3. The third kappa shape index (κ3) is 3.54. The minimum Gasteiger partial charge on any atom is -0.479 e. The maximum atomic E-state index is 12.0. The van der Waals surface area contributed by atoms with Crippen LogP contribution in [0.1, 0.15) is 30.9 Å². The molecule has 2 atom stereocenters. The van der Waals surface area contributed by atoms with Crippen molar-refractivity contribution in [2.75, 3.05) is 6.54 Å². The first kappa shape index (κ1) is 13.5. The molecule has 1 aliphatic heterocycles. The zero-order valence-corrected chi connectivity index (χ0v) is 10.6. The summed E-state index contributed by atoms with van der Waals surface area (Å²) in [5, 5.41) is 14.9. The highest BCUT2D eigenvalue weighted by Gasteiger charge is 2.27. The molecule has 1 aromatic carbocycles. The highest BCUT2D eigenvalue weighted by atomic mass is 16.4. The zero-order valence-electron chi connectivity index (χ0n) is 10.6. The predicted molar refractivity (Wildman–Crippen MR) is 70.6 cm³/mol. The van der Waals surface area contributed by atoms with Crippen molar-refractivity contribution in [3.63, 3.8) is 0 Å². The molecule has 1 amide bonds. The maximum absolute atomic E-state index is 12.0. The van der Waals surface area contributed by atoms with E-state index in [0.29, 0.717) is 5.56 Å². The second-order valence-corrected chi connectivity index (χ2v) is 4.69. The first-order chi connectivity index (χ1) is 9.18. The molecule has 2 rings (SSSR count). The van der Waals surface area contributed by atoms with Gasteiger partial charge in [-0.05, 0) is 24.9 Å². The van der Waals surface area contributed by atoms with Crippen LogP contribution in [-0.4, -0.2) is 29.6 Å². The van der Waals surface area contributed by atoms with Gasteiger partial charge in [0.1, 0.15) is 0 Å². The van der Waals surface area contributed by atoms with Crippen molar-refractivity contribution in [2.45, 2.75) is 31.3 Å². The Morgan fingerprint density at radius 3 is 2.58 bits per heavy atom. The van der Waals surface area contributed by atoms with E-state index in [0.717, 1.165) is 25.8 Å². The first-order valence-electron chi connectivity index (χ1n) is 6.50. The van der Waals surface area contributed by atoms with Gasteiger partial charge >= 0.3 is 5.97 Å². The van der Waals surface area contributed by atoms with E-state index in [1.165, 1.54) is 0 Å². The third-order valence-electron chi connectivity index (χ3n) is 3.29. The molecule has 3 N–H and O–H groups in total. The van der Waals surface area contributed by atoms with Crippen LogP contribution in [0, 0.1) is 0 Å². The van der Waals surface area contributed by atoms with Gasteiger partial charge in [0, 0.05) is 0 Å². The molecule has 19 heavy (non-hydrogen) atoms. The maximum Gasteiger partial charge on any atom is 0.330 e. The second kappa shape index (κ2) is 6.33. The number of hydrogen-bond donors (Lipinski definition) is 3. The van der Waals surface area contributed by atoms with Crippen LogP contribution in [0.5, 0.6) is 0 Å². The lowest BCUT2D eigenvalue weighted by Crippen LogP contribution is -2.48. The average molecular weight is 262 g/mol. The molecule has 1 saturated heterocycles. The van der Waals surface area contributed by atoms with Crippen molar-refractivity contribution in [1.29, 1.82) is 0 Å². The monoisotopic (exact) mass is 262 g/mol. The Labute approximate surface area is 112 Å². The Morgan fingerprint density at radius 1 is 1.26 bits per heavy atom. The number of amides is 1. The average Bonchev–Trinajstić information content (AvgIpc) is 2.46. The SMILES string of the molecule is O=C(N[C@@H](C(=O)O)c1ccccc1)[C@H]1CCCCN1. The van der Waals surface area contributed by atoms with Gasteiger partial charge in [0.25, 0.3) is 0 Å². The van der Waals surface area contributed by atoms with Gasteiger partial charge in [0.15, 0.2) is 6.04 Å². The van der Waals surface area contributed by atoms with Gasteiger partial charge in [0.05, 0.1) is 6.04 Å². The molecule has 1 heterocycles. The van der Waals surface area contributed by atoms with Crippen LogP contribution in [0.3, 0.4) is 0 Å². The topological polar surface area (TPSA) is 78.4 Å². The molecule has 1 fully saturated rings. The third-order valence-corrected chi connectivity index (χ3v) is 3.29. The second-order valence-electron chi connectivity index (χ2n) is 4.69. The van der Waals surface area contributed by atoms with E-state index in [2.05, 4.69) is 10.6 Å². The Hall–Kier alpha value is -1.88. The molecule has 0 aromatic heterocycles. The number of carbonyl (C=O) groups is 2. The number of carboxylic acids is 1. The minimum absolute atomic E-state index is 0.240. The largest absolute Gasteiger partial charge is 0.479 e. The summed E-state index contributed by atoms with van der Waals surface area (Å²) in [7, 11) is 0. The van der Waals surface area contributed by atoms with E-state index < -0.39 is 12.0 Å². The summed E-state index contributed by atoms with van der Waals surface area (Å²) >= 11 is 0. The normalized spacial score (nSPS) is 20.5. The Bertz CT molecular complexity index is 441. The summed E-state index contributed by atoms with van der Waals surface area (Å²) in [6.45, 7) is 0.807. The molecule has 0 bridgehead atoms. The highest BCUT2D eigenvalue weighted by molar-refractivity contribution is 5.87. The van der Waals surface area contributed by atoms with E-state index in [9.17, 15) is 14.7 Å². The lowest BCUT2D eigenvalue weighted by atomic mass is 10.0. The van der Waals surface area contributed by atoms with Gasteiger partial charge in [0.2, 0.25) is 5.91 Å². The Balaban J connectivity index is 2.04. The molecule has 0 unspecified atom stereocenters. The Morgan fingerprint density at radius 2 is 2.00 bits per heavy atom. The van der Waals surface area contributed by atoms with E-state index in [-0.39, 0.29) is 11.9 Å². The van der Waals surface area contributed by atoms with Gasteiger partial charge < -0.3 is 15.7 Å². The smallest absolute Gasteiger partial charge is 0.330 e. The van der Waals surface area contributed by atoms with Crippen molar-refractivity contribution in [1.82, 2.24) is 10.6 Å². The van der Waals surface area contributed by atoms with E-state index in [1.54, 1.807) is 24.3 Å². The molecule has 0 radical (unpaired) electrons. The lowest BCUT2D eigenvalue weighted by Gasteiger charge is -2.24. The van der Waals surface area contributed by atoms with Crippen LogP contribution >= 0.6 is 0 Å². The number of carbonyl (C=O) groups excluding carboxylic acids is 1.